The molecule has 0 amide bonds. The van der Waals surface area contributed by atoms with Gasteiger partial charge in [-0.1, -0.05) is 6.92 Å². The normalized spacial score (nSPS) is 11.4. The van der Waals surface area contributed by atoms with Gasteiger partial charge in [-0.05, 0) is 32.5 Å². The van der Waals surface area contributed by atoms with Gasteiger partial charge in [0.15, 0.2) is 0 Å². The third-order valence-corrected chi connectivity index (χ3v) is 1.62. The van der Waals surface area contributed by atoms with E-state index in [1.165, 1.54) is 0 Å². The van der Waals surface area contributed by atoms with Crippen LogP contribution in [0.5, 0.6) is 0 Å². The maximum atomic E-state index is 5.41. The molecule has 0 bridgehead atoms. The molecule has 0 radical (unpaired) electrons. The van der Waals surface area contributed by atoms with E-state index in [2.05, 4.69) is 12.2 Å². The van der Waals surface area contributed by atoms with Crippen LogP contribution < -0.4 is 5.73 Å². The first kappa shape index (κ1) is 13.6. The number of ether oxygens (including phenoxy) is 3. The molecule has 0 saturated carbocycles. The molecule has 84 valence electrons. The molecule has 4 nitrogen and oxygen atoms in total. The third kappa shape index (κ3) is 4.74. The fourth-order valence-corrected chi connectivity index (χ4v) is 1.32. The molecule has 0 rings (SSSR count). The fraction of sp³-hybridized carbons (Fsp3) is 0.889. The average Bonchev–Trinajstić information content (AvgIpc) is 2.03. The number of nitrogens with two attached hydrogens (primary N) is 1. The molecule has 0 aliphatic heterocycles. The first-order valence-corrected chi connectivity index (χ1v) is 5.27. The smallest absolute Gasteiger partial charge is 0.328 e. The van der Waals surface area contributed by atoms with Crippen LogP contribution in [0.4, 0.5) is 0 Å². The molecule has 14 heavy (non-hydrogen) atoms. The molecule has 0 aromatic rings. The number of hydrogen-bond donors (Lipinski definition) is 1. The monoisotopic (exact) mass is 221 g/mol. The second kappa shape index (κ2) is 6.98. The lowest BCUT2D eigenvalue weighted by Gasteiger charge is -2.31. The van der Waals surface area contributed by atoms with Crippen molar-refractivity contribution in [3.8, 4) is 0 Å². The standard InChI is InChI=1S/C9H19NO3S/c1-4-7-9(11-5-2,12-6-3)13-8(10)14/h4-7H2,1-3H3,(H2,10,14). The molecular formula is C9H19NO3S. The number of hydrogen-bond acceptors (Lipinski definition) is 4. The molecule has 0 fully saturated rings. The van der Waals surface area contributed by atoms with Crippen LogP contribution in [0.25, 0.3) is 0 Å². The van der Waals surface area contributed by atoms with Gasteiger partial charge in [-0.3, -0.25) is 0 Å². The zero-order chi connectivity index (χ0) is 11.0. The van der Waals surface area contributed by atoms with Gasteiger partial charge >= 0.3 is 5.97 Å². The van der Waals surface area contributed by atoms with Crippen molar-refractivity contribution in [2.45, 2.75) is 39.6 Å². The largest absolute Gasteiger partial charge is 0.414 e. The van der Waals surface area contributed by atoms with Crippen molar-refractivity contribution < 1.29 is 14.2 Å². The summed E-state index contributed by atoms with van der Waals surface area (Å²) in [7, 11) is 0. The molecule has 0 spiro atoms. The van der Waals surface area contributed by atoms with Crippen LogP contribution in [-0.4, -0.2) is 24.4 Å². The Morgan fingerprint density at radius 3 is 2.00 bits per heavy atom. The van der Waals surface area contributed by atoms with Crippen molar-refractivity contribution >= 4 is 17.4 Å². The van der Waals surface area contributed by atoms with E-state index >= 15 is 0 Å². The lowest BCUT2D eigenvalue weighted by molar-refractivity contribution is -0.350. The van der Waals surface area contributed by atoms with Gasteiger partial charge in [0.1, 0.15) is 0 Å². The molecule has 0 saturated heterocycles. The Morgan fingerprint density at radius 1 is 1.21 bits per heavy atom. The highest BCUT2D eigenvalue weighted by molar-refractivity contribution is 7.80. The molecule has 0 aliphatic rings. The van der Waals surface area contributed by atoms with Crippen molar-refractivity contribution in [2.75, 3.05) is 13.2 Å². The summed E-state index contributed by atoms with van der Waals surface area (Å²) in [5.41, 5.74) is 5.32. The maximum Gasteiger partial charge on any atom is 0.328 e. The fourth-order valence-electron chi connectivity index (χ4n) is 1.20. The molecule has 0 aromatic heterocycles. The van der Waals surface area contributed by atoms with Crippen molar-refractivity contribution in [1.82, 2.24) is 0 Å². The van der Waals surface area contributed by atoms with Crippen LogP contribution in [-0.2, 0) is 14.2 Å². The van der Waals surface area contributed by atoms with Crippen molar-refractivity contribution in [3.05, 3.63) is 0 Å². The Kier molecular flexibility index (Phi) is 6.78. The number of rotatable bonds is 7. The highest BCUT2D eigenvalue weighted by atomic mass is 32.1. The second-order valence-electron chi connectivity index (χ2n) is 2.72. The van der Waals surface area contributed by atoms with E-state index in [1.807, 2.05) is 20.8 Å². The van der Waals surface area contributed by atoms with Gasteiger partial charge in [0.25, 0.3) is 5.17 Å². The lowest BCUT2D eigenvalue weighted by atomic mass is 10.3. The Morgan fingerprint density at radius 2 is 1.71 bits per heavy atom. The Hall–Kier alpha value is -0.390. The zero-order valence-corrected chi connectivity index (χ0v) is 9.86. The second-order valence-corrected chi connectivity index (χ2v) is 3.12. The van der Waals surface area contributed by atoms with Crippen LogP contribution in [0.15, 0.2) is 0 Å². The summed E-state index contributed by atoms with van der Waals surface area (Å²) in [6.45, 7) is 6.72. The van der Waals surface area contributed by atoms with Gasteiger partial charge in [0.05, 0.1) is 13.2 Å². The van der Waals surface area contributed by atoms with Crippen molar-refractivity contribution in [3.63, 3.8) is 0 Å². The minimum Gasteiger partial charge on any atom is -0.414 e. The van der Waals surface area contributed by atoms with Gasteiger partial charge in [-0.25, -0.2) is 0 Å². The Balaban J connectivity index is 4.45. The predicted molar refractivity (Wildman–Crippen MR) is 58.8 cm³/mol. The van der Waals surface area contributed by atoms with Crippen LogP contribution >= 0.6 is 12.2 Å². The lowest BCUT2D eigenvalue weighted by Crippen LogP contribution is -2.42. The van der Waals surface area contributed by atoms with E-state index in [0.717, 1.165) is 6.42 Å². The highest BCUT2D eigenvalue weighted by Gasteiger charge is 2.33. The summed E-state index contributed by atoms with van der Waals surface area (Å²) in [6.07, 6.45) is 1.47. The van der Waals surface area contributed by atoms with Gasteiger partial charge < -0.3 is 19.9 Å². The molecule has 2 N–H and O–H groups in total. The molecule has 0 atom stereocenters. The van der Waals surface area contributed by atoms with Gasteiger partial charge in [0.2, 0.25) is 0 Å². The summed E-state index contributed by atoms with van der Waals surface area (Å²) in [5, 5.41) is -0.0552. The minimum atomic E-state index is -1.09. The third-order valence-electron chi connectivity index (χ3n) is 1.54. The minimum absolute atomic E-state index is 0.0552. The van der Waals surface area contributed by atoms with E-state index in [4.69, 9.17) is 19.9 Å². The molecule has 5 heteroatoms. The summed E-state index contributed by atoms with van der Waals surface area (Å²) in [5.74, 6) is -1.09. The quantitative estimate of drug-likeness (QED) is 0.524. The maximum absolute atomic E-state index is 5.41. The predicted octanol–water partition coefficient (Wildman–Crippen LogP) is 1.77. The Bertz CT molecular complexity index is 158. The molecule has 0 unspecified atom stereocenters. The molecule has 0 heterocycles. The van der Waals surface area contributed by atoms with Crippen LogP contribution in [0.3, 0.4) is 0 Å². The Labute approximate surface area is 90.7 Å². The summed E-state index contributed by atoms with van der Waals surface area (Å²) >= 11 is 4.68. The number of thiocarbonyl (C=S) groups is 1. The van der Waals surface area contributed by atoms with E-state index in [1.54, 1.807) is 0 Å². The molecule has 0 aliphatic carbocycles. The highest BCUT2D eigenvalue weighted by Crippen LogP contribution is 2.21. The van der Waals surface area contributed by atoms with Gasteiger partial charge in [-0.15, -0.1) is 0 Å². The topological polar surface area (TPSA) is 53.7 Å². The molecular weight excluding hydrogens is 202 g/mol. The molecule has 0 aromatic carbocycles. The van der Waals surface area contributed by atoms with Crippen LogP contribution in [0.2, 0.25) is 0 Å². The summed E-state index contributed by atoms with van der Waals surface area (Å²) < 4.78 is 16.0. The van der Waals surface area contributed by atoms with Gasteiger partial charge in [-0.2, -0.15) is 0 Å². The first-order chi connectivity index (χ1) is 6.60. The van der Waals surface area contributed by atoms with Gasteiger partial charge in [0, 0.05) is 6.42 Å². The van der Waals surface area contributed by atoms with E-state index in [9.17, 15) is 0 Å². The first-order valence-electron chi connectivity index (χ1n) is 4.86. The van der Waals surface area contributed by atoms with E-state index in [-0.39, 0.29) is 5.17 Å². The van der Waals surface area contributed by atoms with Crippen LogP contribution in [0, 0.1) is 0 Å². The summed E-state index contributed by atoms with van der Waals surface area (Å²) in [6, 6.07) is 0. The SMILES string of the molecule is CCCC(OCC)(OCC)OC(N)=S. The van der Waals surface area contributed by atoms with E-state index < -0.39 is 5.97 Å². The van der Waals surface area contributed by atoms with Crippen LogP contribution in [0.1, 0.15) is 33.6 Å². The zero-order valence-electron chi connectivity index (χ0n) is 9.04. The average molecular weight is 221 g/mol. The van der Waals surface area contributed by atoms with Crippen molar-refractivity contribution in [2.24, 2.45) is 5.73 Å². The summed E-state index contributed by atoms with van der Waals surface area (Å²) in [4.78, 5) is 0. The van der Waals surface area contributed by atoms with Crippen molar-refractivity contribution in [1.29, 1.82) is 0 Å². The van der Waals surface area contributed by atoms with E-state index in [0.29, 0.717) is 19.6 Å².